The van der Waals surface area contributed by atoms with E-state index in [1.807, 2.05) is 6.92 Å². The van der Waals surface area contributed by atoms with Crippen molar-refractivity contribution in [3.05, 3.63) is 11.6 Å². The first kappa shape index (κ1) is 5.75. The summed E-state index contributed by atoms with van der Waals surface area (Å²) < 4.78 is 2.27. The van der Waals surface area contributed by atoms with Crippen LogP contribution in [-0.2, 0) is 13.0 Å². The normalized spacial score (nSPS) is 24.1. The van der Waals surface area contributed by atoms with Crippen LogP contribution in [0.4, 0.5) is 0 Å². The average molecular weight is 149 g/mol. The van der Waals surface area contributed by atoms with Gasteiger partial charge in [0.15, 0.2) is 0 Å². The molecule has 3 nitrogen and oxygen atoms in total. The highest BCUT2D eigenvalue weighted by Gasteiger charge is 2.48. The zero-order valence-electron chi connectivity index (χ0n) is 6.67. The van der Waals surface area contributed by atoms with E-state index < -0.39 is 0 Å². The van der Waals surface area contributed by atoms with E-state index in [0.29, 0.717) is 5.41 Å². The van der Waals surface area contributed by atoms with Gasteiger partial charge in [-0.1, -0.05) is 0 Å². The summed E-state index contributed by atoms with van der Waals surface area (Å²) >= 11 is 0. The first-order valence-electron chi connectivity index (χ1n) is 4.18. The Labute approximate surface area is 65.4 Å². The molecular weight excluding hydrogens is 138 g/mol. The molecule has 1 aliphatic carbocycles. The van der Waals surface area contributed by atoms with Gasteiger partial charge in [0.05, 0.1) is 0 Å². The number of aromatic nitrogens is 3. The standard InChI is InChI=1S/C8H11N3/c1-6-9-10-7-4-8(2-3-8)5-11(6)7/h2-5H2,1H3. The van der Waals surface area contributed by atoms with Gasteiger partial charge in [-0.25, -0.2) is 0 Å². The lowest BCUT2D eigenvalue weighted by atomic mass is 10.1. The molecule has 3 rings (SSSR count). The first-order valence-corrected chi connectivity index (χ1v) is 4.18. The molecule has 0 N–H and O–H groups in total. The summed E-state index contributed by atoms with van der Waals surface area (Å²) in [4.78, 5) is 0. The predicted molar refractivity (Wildman–Crippen MR) is 40.1 cm³/mol. The third kappa shape index (κ3) is 0.633. The van der Waals surface area contributed by atoms with Crippen molar-refractivity contribution in [1.82, 2.24) is 14.8 Å². The summed E-state index contributed by atoms with van der Waals surface area (Å²) in [5.41, 5.74) is 0.635. The smallest absolute Gasteiger partial charge is 0.133 e. The summed E-state index contributed by atoms with van der Waals surface area (Å²) in [5.74, 6) is 2.30. The molecule has 0 radical (unpaired) electrons. The van der Waals surface area contributed by atoms with E-state index >= 15 is 0 Å². The van der Waals surface area contributed by atoms with Gasteiger partial charge in [0.25, 0.3) is 0 Å². The number of rotatable bonds is 0. The van der Waals surface area contributed by atoms with Crippen LogP contribution in [0, 0.1) is 12.3 Å². The molecule has 11 heavy (non-hydrogen) atoms. The van der Waals surface area contributed by atoms with Gasteiger partial charge in [0, 0.05) is 13.0 Å². The first-order chi connectivity index (χ1) is 5.29. The van der Waals surface area contributed by atoms with Crippen molar-refractivity contribution in [2.24, 2.45) is 5.41 Å². The van der Waals surface area contributed by atoms with Crippen LogP contribution in [0.15, 0.2) is 0 Å². The lowest BCUT2D eigenvalue weighted by molar-refractivity contribution is 0.486. The maximum Gasteiger partial charge on any atom is 0.133 e. The molecule has 1 aromatic heterocycles. The molecule has 1 fully saturated rings. The molecule has 3 heteroatoms. The van der Waals surface area contributed by atoms with E-state index in [9.17, 15) is 0 Å². The van der Waals surface area contributed by atoms with E-state index in [1.165, 1.54) is 31.6 Å². The number of aryl methyl sites for hydroxylation is 1. The highest BCUT2D eigenvalue weighted by molar-refractivity contribution is 5.11. The van der Waals surface area contributed by atoms with Crippen LogP contribution in [0.2, 0.25) is 0 Å². The SMILES string of the molecule is Cc1nnc2n1CC1(CC1)C2. The molecule has 0 amide bonds. The van der Waals surface area contributed by atoms with Crippen molar-refractivity contribution < 1.29 is 0 Å². The molecule has 0 bridgehead atoms. The van der Waals surface area contributed by atoms with Crippen molar-refractivity contribution >= 4 is 0 Å². The molecule has 58 valence electrons. The zero-order chi connectivity index (χ0) is 7.47. The van der Waals surface area contributed by atoms with Crippen molar-refractivity contribution in [3.8, 4) is 0 Å². The van der Waals surface area contributed by atoms with E-state index in [-0.39, 0.29) is 0 Å². The monoisotopic (exact) mass is 149 g/mol. The molecule has 1 saturated carbocycles. The number of fused-ring (bicyclic) bond motifs is 1. The van der Waals surface area contributed by atoms with Crippen molar-refractivity contribution in [2.45, 2.75) is 32.7 Å². The molecule has 0 atom stereocenters. The van der Waals surface area contributed by atoms with Crippen LogP contribution >= 0.6 is 0 Å². The second-order valence-electron chi connectivity index (χ2n) is 3.93. The molecule has 0 unspecified atom stereocenters. The number of hydrogen-bond donors (Lipinski definition) is 0. The van der Waals surface area contributed by atoms with E-state index in [1.54, 1.807) is 0 Å². The Hall–Kier alpha value is -0.860. The van der Waals surface area contributed by atoms with E-state index in [2.05, 4.69) is 14.8 Å². The van der Waals surface area contributed by atoms with Gasteiger partial charge >= 0.3 is 0 Å². The molecule has 0 saturated heterocycles. The molecular formula is C8H11N3. The van der Waals surface area contributed by atoms with Gasteiger partial charge in [-0.05, 0) is 25.2 Å². The van der Waals surface area contributed by atoms with Gasteiger partial charge in [0.2, 0.25) is 0 Å². The molecule has 1 aliphatic heterocycles. The minimum absolute atomic E-state index is 0.635. The third-order valence-corrected chi connectivity index (χ3v) is 3.00. The van der Waals surface area contributed by atoms with Crippen LogP contribution in [0.25, 0.3) is 0 Å². The quantitative estimate of drug-likeness (QED) is 0.549. The van der Waals surface area contributed by atoms with Crippen LogP contribution in [0.1, 0.15) is 24.5 Å². The van der Waals surface area contributed by atoms with Gasteiger partial charge < -0.3 is 4.57 Å². The van der Waals surface area contributed by atoms with Gasteiger partial charge in [-0.2, -0.15) is 0 Å². The van der Waals surface area contributed by atoms with Crippen molar-refractivity contribution in [3.63, 3.8) is 0 Å². The van der Waals surface area contributed by atoms with Gasteiger partial charge in [-0.15, -0.1) is 10.2 Å². The summed E-state index contributed by atoms with van der Waals surface area (Å²) in [5, 5.41) is 8.19. The second-order valence-corrected chi connectivity index (χ2v) is 3.93. The Morgan fingerprint density at radius 2 is 2.18 bits per heavy atom. The van der Waals surface area contributed by atoms with Crippen LogP contribution < -0.4 is 0 Å². The average Bonchev–Trinajstić information content (AvgIpc) is 2.48. The molecule has 2 aliphatic rings. The summed E-state index contributed by atoms with van der Waals surface area (Å²) in [6.07, 6.45) is 3.97. The second kappa shape index (κ2) is 1.49. The zero-order valence-corrected chi connectivity index (χ0v) is 6.67. The largest absolute Gasteiger partial charge is 0.315 e. The Kier molecular flexibility index (Phi) is 0.780. The highest BCUT2D eigenvalue weighted by atomic mass is 15.3. The Balaban J connectivity index is 2.09. The minimum Gasteiger partial charge on any atom is -0.315 e. The summed E-state index contributed by atoms with van der Waals surface area (Å²) in [6, 6.07) is 0. The van der Waals surface area contributed by atoms with Crippen LogP contribution in [0.3, 0.4) is 0 Å². The van der Waals surface area contributed by atoms with Gasteiger partial charge in [0.1, 0.15) is 11.6 Å². The third-order valence-electron chi connectivity index (χ3n) is 3.00. The maximum absolute atomic E-state index is 4.14. The molecule has 1 spiro atoms. The van der Waals surface area contributed by atoms with Crippen molar-refractivity contribution in [2.75, 3.05) is 0 Å². The summed E-state index contributed by atoms with van der Waals surface area (Å²) in [6.45, 7) is 3.22. The minimum atomic E-state index is 0.635. The predicted octanol–water partition coefficient (Wildman–Crippen LogP) is 0.923. The number of hydrogen-bond acceptors (Lipinski definition) is 2. The molecule has 1 aromatic rings. The molecule has 0 aromatic carbocycles. The maximum atomic E-state index is 4.14. The fourth-order valence-electron chi connectivity index (χ4n) is 2.00. The van der Waals surface area contributed by atoms with E-state index in [0.717, 1.165) is 5.82 Å². The fourth-order valence-corrected chi connectivity index (χ4v) is 2.00. The van der Waals surface area contributed by atoms with Crippen molar-refractivity contribution in [1.29, 1.82) is 0 Å². The topological polar surface area (TPSA) is 30.7 Å². The fraction of sp³-hybridized carbons (Fsp3) is 0.750. The van der Waals surface area contributed by atoms with Gasteiger partial charge in [-0.3, -0.25) is 0 Å². The van der Waals surface area contributed by atoms with Crippen LogP contribution in [-0.4, -0.2) is 14.8 Å². The van der Waals surface area contributed by atoms with Crippen LogP contribution in [0.5, 0.6) is 0 Å². The summed E-state index contributed by atoms with van der Waals surface area (Å²) in [7, 11) is 0. The Morgan fingerprint density at radius 3 is 2.82 bits per heavy atom. The number of nitrogens with zero attached hydrogens (tertiary/aromatic N) is 3. The molecule has 2 heterocycles. The van der Waals surface area contributed by atoms with E-state index in [4.69, 9.17) is 0 Å². The Bertz CT molecular complexity index is 309. The lowest BCUT2D eigenvalue weighted by Crippen LogP contribution is -2.03. The Morgan fingerprint density at radius 1 is 1.36 bits per heavy atom. The lowest BCUT2D eigenvalue weighted by Gasteiger charge is -2.02. The highest BCUT2D eigenvalue weighted by Crippen LogP contribution is 2.52.